The molecule has 0 radical (unpaired) electrons. The predicted octanol–water partition coefficient (Wildman–Crippen LogP) is 6.43. The predicted molar refractivity (Wildman–Crippen MR) is 167 cm³/mol. The van der Waals surface area contributed by atoms with Crippen LogP contribution in [0.25, 0.3) is 33.6 Å². The number of hydrogen-bond donors (Lipinski definition) is 4. The molecule has 216 valence electrons. The summed E-state index contributed by atoms with van der Waals surface area (Å²) < 4.78 is 0. The normalized spacial score (nSPS) is 12.0. The van der Waals surface area contributed by atoms with Crippen LogP contribution in [0.4, 0.5) is 0 Å². The van der Waals surface area contributed by atoms with E-state index >= 15 is 0 Å². The summed E-state index contributed by atoms with van der Waals surface area (Å²) in [7, 11) is 2.17. The molecule has 40 heavy (non-hydrogen) atoms. The number of aromatic amines is 2. The lowest BCUT2D eigenvalue weighted by molar-refractivity contribution is -0.108. The van der Waals surface area contributed by atoms with Gasteiger partial charge in [-0.15, -0.1) is 13.2 Å². The van der Waals surface area contributed by atoms with Gasteiger partial charge < -0.3 is 30.5 Å². The molecule has 0 bridgehead atoms. The van der Waals surface area contributed by atoms with Gasteiger partial charge in [-0.1, -0.05) is 74.0 Å². The maximum absolute atomic E-state index is 9.62. The van der Waals surface area contributed by atoms with Gasteiger partial charge in [-0.05, 0) is 55.6 Å². The summed E-state index contributed by atoms with van der Waals surface area (Å²) in [6.07, 6.45) is 9.57. The maximum Gasteiger partial charge on any atom is 0.134 e. The van der Waals surface area contributed by atoms with Crippen molar-refractivity contribution >= 4 is 17.9 Å². The molecule has 5 rings (SSSR count). The topological polar surface area (TPSA) is 124 Å². The summed E-state index contributed by atoms with van der Waals surface area (Å²) >= 11 is 6.07. The van der Waals surface area contributed by atoms with Gasteiger partial charge in [0.2, 0.25) is 0 Å². The number of carbonyl (C=O) groups is 1. The Morgan fingerprint density at radius 1 is 0.975 bits per heavy atom. The summed E-state index contributed by atoms with van der Waals surface area (Å²) in [4.78, 5) is 26.2. The van der Waals surface area contributed by atoms with E-state index in [1.807, 2.05) is 32.2 Å². The highest BCUT2D eigenvalue weighted by molar-refractivity contribution is 6.31. The smallest absolute Gasteiger partial charge is 0.134 e. The number of aldehydes is 1. The number of nitrogens with one attached hydrogen (secondary N) is 2. The number of H-pyrrole nitrogens is 2. The van der Waals surface area contributed by atoms with Crippen LogP contribution in [0.1, 0.15) is 33.1 Å². The largest absolute Gasteiger partial charge is 0.382 e. The van der Waals surface area contributed by atoms with Crippen molar-refractivity contribution in [1.82, 2.24) is 24.8 Å². The third kappa shape index (κ3) is 12.5. The van der Waals surface area contributed by atoms with Crippen molar-refractivity contribution in [2.24, 2.45) is 11.7 Å². The second kappa shape index (κ2) is 20.4. The highest BCUT2D eigenvalue weighted by atomic mass is 35.5. The first-order valence-electron chi connectivity index (χ1n) is 13.2. The van der Waals surface area contributed by atoms with Crippen LogP contribution in [0.3, 0.4) is 0 Å². The Kier molecular flexibility index (Phi) is 17.5. The van der Waals surface area contributed by atoms with Gasteiger partial charge in [-0.3, -0.25) is 0 Å². The zero-order valence-corrected chi connectivity index (χ0v) is 24.6. The number of aromatic nitrogens is 4. The Bertz CT molecular complexity index is 1170. The molecule has 5 N–H and O–H groups in total. The molecule has 1 fully saturated rings. The van der Waals surface area contributed by atoms with Crippen molar-refractivity contribution in [1.29, 1.82) is 0 Å². The van der Waals surface area contributed by atoms with Gasteiger partial charge in [0.15, 0.2) is 0 Å². The van der Waals surface area contributed by atoms with Crippen LogP contribution < -0.4 is 5.73 Å². The number of nitrogens with zero attached hydrogens (tertiary/aromatic N) is 3. The summed E-state index contributed by atoms with van der Waals surface area (Å²) in [5.74, 6) is 0.530. The molecule has 0 amide bonds. The number of hydrogen-bond acceptors (Lipinski definition) is 6. The lowest BCUT2D eigenvalue weighted by Crippen LogP contribution is -2.10. The number of aliphatic hydroxyl groups is 1. The maximum atomic E-state index is 9.62. The zero-order valence-electron chi connectivity index (χ0n) is 23.8. The SMILES string of the molecule is C=C.CC(C)CC=O.CN1CCCC1.Clc1[nH]cnc1-c1ccc(-c2ccc(-c3cnc[nH]3)cc2)cc1.NCO. The third-order valence-corrected chi connectivity index (χ3v) is 5.96. The average Bonchev–Trinajstić information content (AvgIpc) is 3.75. The van der Waals surface area contributed by atoms with Gasteiger partial charge in [0.05, 0.1) is 31.3 Å². The fourth-order valence-electron chi connectivity index (χ4n) is 3.62. The van der Waals surface area contributed by atoms with E-state index in [1.165, 1.54) is 25.9 Å². The van der Waals surface area contributed by atoms with Gasteiger partial charge in [-0.2, -0.15) is 0 Å². The van der Waals surface area contributed by atoms with Gasteiger partial charge in [0, 0.05) is 12.0 Å². The third-order valence-electron chi connectivity index (χ3n) is 5.68. The Labute approximate surface area is 243 Å². The van der Waals surface area contributed by atoms with E-state index in [4.69, 9.17) is 16.7 Å². The molecule has 2 aromatic heterocycles. The quantitative estimate of drug-likeness (QED) is 0.125. The van der Waals surface area contributed by atoms with Crippen molar-refractivity contribution in [3.05, 3.63) is 85.7 Å². The van der Waals surface area contributed by atoms with Gasteiger partial charge in [0.25, 0.3) is 0 Å². The van der Waals surface area contributed by atoms with Crippen molar-refractivity contribution < 1.29 is 9.90 Å². The van der Waals surface area contributed by atoms with E-state index < -0.39 is 0 Å². The molecule has 2 aromatic carbocycles. The average molecular weight is 567 g/mol. The Morgan fingerprint density at radius 3 is 1.80 bits per heavy atom. The second-order valence-electron chi connectivity index (χ2n) is 9.17. The van der Waals surface area contributed by atoms with Crippen LogP contribution in [-0.2, 0) is 4.79 Å². The number of benzene rings is 2. The summed E-state index contributed by atoms with van der Waals surface area (Å²) in [5, 5.41) is 7.90. The first kappa shape index (κ1) is 34.5. The van der Waals surface area contributed by atoms with Crippen LogP contribution in [-0.4, -0.2) is 63.1 Å². The van der Waals surface area contributed by atoms with Crippen LogP contribution in [0.15, 0.2) is 80.5 Å². The molecule has 3 heterocycles. The summed E-state index contributed by atoms with van der Waals surface area (Å²) in [5.41, 5.74) is 10.6. The number of aliphatic hydroxyl groups excluding tert-OH is 1. The lowest BCUT2D eigenvalue weighted by atomic mass is 10.0. The highest BCUT2D eigenvalue weighted by Crippen LogP contribution is 2.28. The zero-order chi connectivity index (χ0) is 29.8. The number of halogens is 1. The van der Waals surface area contributed by atoms with Crippen LogP contribution in [0.5, 0.6) is 0 Å². The molecule has 0 unspecified atom stereocenters. The monoisotopic (exact) mass is 566 g/mol. The van der Waals surface area contributed by atoms with E-state index in [0.29, 0.717) is 17.5 Å². The minimum Gasteiger partial charge on any atom is -0.382 e. The molecule has 1 saturated heterocycles. The number of nitrogens with two attached hydrogens (primary N) is 1. The summed E-state index contributed by atoms with van der Waals surface area (Å²) in [6.45, 7) is 12.4. The Balaban J connectivity index is 0.000000387. The summed E-state index contributed by atoms with van der Waals surface area (Å²) in [6, 6.07) is 16.6. The number of carbonyl (C=O) groups excluding carboxylic acids is 1. The molecular weight excluding hydrogens is 524 g/mol. The van der Waals surface area contributed by atoms with E-state index in [9.17, 15) is 4.79 Å². The van der Waals surface area contributed by atoms with E-state index in [0.717, 1.165) is 39.9 Å². The molecule has 1 aliphatic rings. The first-order valence-corrected chi connectivity index (χ1v) is 13.6. The number of rotatable bonds is 5. The standard InChI is InChI=1S/C18H13ClN4.C5H11N.C5H10O.C2H4.CH5NO/c19-18-17(22-11-23-18)15-7-3-13(4-8-15)12-1-5-14(6-2-12)16-9-20-10-21-16;1-6-4-2-3-5-6;1-5(2)3-4-6;1-2;2-1-3/h1-11H,(H,20,21)(H,22,23);2-5H2,1H3;4-5H,3H2,1-2H3;1-2H2;3H,1-2H2. The molecule has 8 nitrogen and oxygen atoms in total. The first-order chi connectivity index (χ1) is 19.4. The van der Waals surface area contributed by atoms with Gasteiger partial charge in [0.1, 0.15) is 17.1 Å². The molecule has 0 saturated carbocycles. The molecule has 0 aliphatic carbocycles. The van der Waals surface area contributed by atoms with Gasteiger partial charge in [-0.25, -0.2) is 9.97 Å². The Morgan fingerprint density at radius 2 is 1.48 bits per heavy atom. The van der Waals surface area contributed by atoms with Crippen LogP contribution in [0.2, 0.25) is 5.15 Å². The van der Waals surface area contributed by atoms with E-state index in [2.05, 4.69) is 87.2 Å². The van der Waals surface area contributed by atoms with Crippen molar-refractivity contribution in [2.45, 2.75) is 33.1 Å². The Hall–Kier alpha value is -3.56. The van der Waals surface area contributed by atoms with E-state index in [1.54, 1.807) is 12.7 Å². The van der Waals surface area contributed by atoms with E-state index in [-0.39, 0.29) is 6.73 Å². The molecule has 0 atom stereocenters. The highest BCUT2D eigenvalue weighted by Gasteiger charge is 2.07. The minimum absolute atomic E-state index is 0.250. The number of likely N-dealkylation sites (tertiary alicyclic amines) is 1. The number of imidazole rings is 2. The molecule has 0 spiro atoms. The van der Waals surface area contributed by atoms with Crippen LogP contribution >= 0.6 is 11.6 Å². The van der Waals surface area contributed by atoms with Gasteiger partial charge >= 0.3 is 0 Å². The minimum atomic E-state index is -0.250. The molecule has 9 heteroatoms. The fraction of sp³-hybridized carbons (Fsp3) is 0.323. The molecule has 4 aromatic rings. The van der Waals surface area contributed by atoms with Crippen LogP contribution in [0, 0.1) is 5.92 Å². The second-order valence-corrected chi connectivity index (χ2v) is 9.55. The van der Waals surface area contributed by atoms with Crippen molar-refractivity contribution in [2.75, 3.05) is 26.9 Å². The lowest BCUT2D eigenvalue weighted by Gasteiger charge is -2.05. The van der Waals surface area contributed by atoms with Crippen molar-refractivity contribution in [3.63, 3.8) is 0 Å². The van der Waals surface area contributed by atoms with Crippen molar-refractivity contribution in [3.8, 4) is 33.6 Å². The molecular formula is C31H43ClN6O2. The fourth-order valence-corrected chi connectivity index (χ4v) is 3.83. The molecule has 1 aliphatic heterocycles.